The Hall–Kier alpha value is -1.67. The van der Waals surface area contributed by atoms with Gasteiger partial charge >= 0.3 is 0 Å². The molecule has 20 heavy (non-hydrogen) atoms. The fraction of sp³-hybridized carbons (Fsp3) is 0.389. The minimum atomic E-state index is 0.526. The lowest BCUT2D eigenvalue weighted by Gasteiger charge is -2.36. The third kappa shape index (κ3) is 2.91. The third-order valence-electron chi connectivity index (χ3n) is 4.28. The molecule has 1 atom stereocenters. The smallest absolute Gasteiger partial charge is 0.0369 e. The number of hydrogen-bond acceptors (Lipinski definition) is 2. The summed E-state index contributed by atoms with van der Waals surface area (Å²) >= 11 is 0. The van der Waals surface area contributed by atoms with Crippen LogP contribution in [0.1, 0.15) is 42.0 Å². The van der Waals surface area contributed by atoms with Crippen molar-refractivity contribution in [1.82, 2.24) is 9.88 Å². The Morgan fingerprint density at radius 3 is 2.80 bits per heavy atom. The molecule has 1 saturated heterocycles. The van der Waals surface area contributed by atoms with Gasteiger partial charge in [0.25, 0.3) is 0 Å². The van der Waals surface area contributed by atoms with E-state index in [0.717, 1.165) is 6.54 Å². The van der Waals surface area contributed by atoms with Crippen molar-refractivity contribution >= 4 is 0 Å². The summed E-state index contributed by atoms with van der Waals surface area (Å²) in [6.45, 7) is 4.43. The van der Waals surface area contributed by atoms with E-state index in [2.05, 4.69) is 59.4 Å². The fourth-order valence-corrected chi connectivity index (χ4v) is 3.18. The van der Waals surface area contributed by atoms with E-state index >= 15 is 0 Å². The van der Waals surface area contributed by atoms with E-state index in [0.29, 0.717) is 6.04 Å². The second-order valence-corrected chi connectivity index (χ2v) is 5.70. The molecule has 0 amide bonds. The second kappa shape index (κ2) is 6.19. The van der Waals surface area contributed by atoms with Crippen LogP contribution in [0.15, 0.2) is 48.8 Å². The summed E-state index contributed by atoms with van der Waals surface area (Å²) < 4.78 is 0. The molecule has 0 aliphatic carbocycles. The van der Waals surface area contributed by atoms with Gasteiger partial charge < -0.3 is 0 Å². The van der Waals surface area contributed by atoms with Gasteiger partial charge in [0.05, 0.1) is 0 Å². The predicted octanol–water partition coefficient (Wildman–Crippen LogP) is 4.12. The maximum atomic E-state index is 4.34. The molecule has 2 nitrogen and oxygen atoms in total. The van der Waals surface area contributed by atoms with E-state index in [1.165, 1.54) is 42.5 Å². The lowest BCUT2D eigenvalue weighted by molar-refractivity contribution is 0.139. The van der Waals surface area contributed by atoms with Gasteiger partial charge in [0.2, 0.25) is 0 Å². The van der Waals surface area contributed by atoms with E-state index in [4.69, 9.17) is 0 Å². The van der Waals surface area contributed by atoms with E-state index in [9.17, 15) is 0 Å². The summed E-state index contributed by atoms with van der Waals surface area (Å²) in [5, 5.41) is 0. The molecule has 1 fully saturated rings. The Bertz CT molecular complexity index is 550. The number of rotatable bonds is 3. The molecule has 1 aliphatic rings. The minimum absolute atomic E-state index is 0.526. The van der Waals surface area contributed by atoms with Gasteiger partial charge in [-0.05, 0) is 49.1 Å². The van der Waals surface area contributed by atoms with Crippen molar-refractivity contribution in [2.75, 3.05) is 6.54 Å². The van der Waals surface area contributed by atoms with Gasteiger partial charge in [0, 0.05) is 25.0 Å². The minimum Gasteiger partial charge on any atom is -0.292 e. The van der Waals surface area contributed by atoms with Crippen molar-refractivity contribution in [3.63, 3.8) is 0 Å². The highest BCUT2D eigenvalue weighted by Gasteiger charge is 2.25. The molecule has 2 heteroatoms. The van der Waals surface area contributed by atoms with Gasteiger partial charge in [0.15, 0.2) is 0 Å². The number of hydrogen-bond donors (Lipinski definition) is 0. The molecule has 0 spiro atoms. The Morgan fingerprint density at radius 1 is 1.15 bits per heavy atom. The van der Waals surface area contributed by atoms with Crippen molar-refractivity contribution in [3.05, 3.63) is 65.5 Å². The van der Waals surface area contributed by atoms with Crippen molar-refractivity contribution in [3.8, 4) is 0 Å². The van der Waals surface area contributed by atoms with Crippen LogP contribution < -0.4 is 0 Å². The van der Waals surface area contributed by atoms with Crippen LogP contribution in [0.5, 0.6) is 0 Å². The van der Waals surface area contributed by atoms with Gasteiger partial charge in [-0.1, -0.05) is 36.8 Å². The van der Waals surface area contributed by atoms with Crippen molar-refractivity contribution < 1.29 is 0 Å². The summed E-state index contributed by atoms with van der Waals surface area (Å²) in [6.07, 6.45) is 7.83. The van der Waals surface area contributed by atoms with Crippen LogP contribution in [-0.4, -0.2) is 16.4 Å². The van der Waals surface area contributed by atoms with Crippen molar-refractivity contribution in [2.24, 2.45) is 0 Å². The van der Waals surface area contributed by atoms with Crippen LogP contribution in [0.2, 0.25) is 0 Å². The normalized spacial score (nSPS) is 19.9. The van der Waals surface area contributed by atoms with Gasteiger partial charge in [-0.2, -0.15) is 0 Å². The first-order chi connectivity index (χ1) is 9.84. The van der Waals surface area contributed by atoms with Crippen LogP contribution in [0.3, 0.4) is 0 Å². The van der Waals surface area contributed by atoms with Gasteiger partial charge in [-0.3, -0.25) is 9.88 Å². The molecule has 2 heterocycles. The molecular formula is C18H22N2. The summed E-state index contributed by atoms with van der Waals surface area (Å²) in [5.41, 5.74) is 4.18. The average Bonchev–Trinajstić information content (AvgIpc) is 2.50. The molecule has 0 bridgehead atoms. The fourth-order valence-electron chi connectivity index (χ4n) is 3.18. The van der Waals surface area contributed by atoms with Crippen molar-refractivity contribution in [2.45, 2.75) is 38.8 Å². The molecule has 0 saturated carbocycles. The summed E-state index contributed by atoms with van der Waals surface area (Å²) in [4.78, 5) is 6.95. The number of aryl methyl sites for hydroxylation is 1. The summed E-state index contributed by atoms with van der Waals surface area (Å²) in [6, 6.07) is 13.4. The summed E-state index contributed by atoms with van der Waals surface area (Å²) in [7, 11) is 0. The number of pyridine rings is 1. The number of aromatic nitrogens is 1. The lowest BCUT2D eigenvalue weighted by atomic mass is 9.93. The molecule has 0 radical (unpaired) electrons. The zero-order valence-corrected chi connectivity index (χ0v) is 12.1. The van der Waals surface area contributed by atoms with E-state index in [-0.39, 0.29) is 0 Å². The number of likely N-dealkylation sites (tertiary alicyclic amines) is 1. The van der Waals surface area contributed by atoms with Crippen LogP contribution >= 0.6 is 0 Å². The van der Waals surface area contributed by atoms with E-state index in [1.807, 2.05) is 6.20 Å². The topological polar surface area (TPSA) is 16.1 Å². The molecule has 1 unspecified atom stereocenters. The van der Waals surface area contributed by atoms with Crippen LogP contribution in [0, 0.1) is 6.92 Å². The highest BCUT2D eigenvalue weighted by molar-refractivity contribution is 5.26. The first-order valence-corrected chi connectivity index (χ1v) is 7.53. The average molecular weight is 266 g/mol. The Morgan fingerprint density at radius 2 is 2.00 bits per heavy atom. The van der Waals surface area contributed by atoms with Crippen LogP contribution in [0.25, 0.3) is 0 Å². The maximum absolute atomic E-state index is 4.34. The van der Waals surface area contributed by atoms with Crippen LogP contribution in [-0.2, 0) is 6.54 Å². The quantitative estimate of drug-likeness (QED) is 0.831. The van der Waals surface area contributed by atoms with E-state index in [1.54, 1.807) is 0 Å². The predicted molar refractivity (Wildman–Crippen MR) is 82.4 cm³/mol. The first-order valence-electron chi connectivity index (χ1n) is 7.53. The SMILES string of the molecule is Cc1ccncc1C1CCCCN1Cc1ccccc1. The number of piperidine rings is 1. The lowest BCUT2D eigenvalue weighted by Crippen LogP contribution is -2.33. The maximum Gasteiger partial charge on any atom is 0.0369 e. The molecular weight excluding hydrogens is 244 g/mol. The molecule has 104 valence electrons. The molecule has 1 aromatic carbocycles. The molecule has 3 rings (SSSR count). The van der Waals surface area contributed by atoms with Crippen molar-refractivity contribution in [1.29, 1.82) is 0 Å². The molecule has 0 N–H and O–H groups in total. The number of benzene rings is 1. The second-order valence-electron chi connectivity index (χ2n) is 5.70. The Kier molecular flexibility index (Phi) is 4.12. The third-order valence-corrected chi connectivity index (χ3v) is 4.28. The Labute approximate surface area is 121 Å². The first kappa shape index (κ1) is 13.3. The standard InChI is InChI=1S/C18H22N2/c1-15-10-11-19-13-17(15)18-9-5-6-12-20(18)14-16-7-3-2-4-8-16/h2-4,7-8,10-11,13,18H,5-6,9,12,14H2,1H3. The largest absolute Gasteiger partial charge is 0.292 e. The van der Waals surface area contributed by atoms with Gasteiger partial charge in [-0.15, -0.1) is 0 Å². The summed E-state index contributed by atoms with van der Waals surface area (Å²) in [5.74, 6) is 0. The monoisotopic (exact) mass is 266 g/mol. The Balaban J connectivity index is 1.83. The molecule has 1 aromatic heterocycles. The van der Waals surface area contributed by atoms with Gasteiger partial charge in [-0.25, -0.2) is 0 Å². The molecule has 2 aromatic rings. The molecule has 1 aliphatic heterocycles. The number of nitrogens with zero attached hydrogens (tertiary/aromatic N) is 2. The van der Waals surface area contributed by atoms with E-state index < -0.39 is 0 Å². The highest BCUT2D eigenvalue weighted by atomic mass is 15.2. The zero-order valence-electron chi connectivity index (χ0n) is 12.1. The van der Waals surface area contributed by atoms with Gasteiger partial charge in [0.1, 0.15) is 0 Å². The van der Waals surface area contributed by atoms with Crippen LogP contribution in [0.4, 0.5) is 0 Å². The zero-order chi connectivity index (χ0) is 13.8. The highest BCUT2D eigenvalue weighted by Crippen LogP contribution is 2.33.